The molecule has 0 amide bonds. The fraction of sp³-hybridized carbons (Fsp3) is 0.0714. The molecule has 0 heterocycles. The van der Waals surface area contributed by atoms with Gasteiger partial charge in [0, 0.05) is 17.3 Å². The van der Waals surface area contributed by atoms with Crippen molar-refractivity contribution >= 4 is 11.5 Å². The molecule has 0 aliphatic rings. The highest BCUT2D eigenvalue weighted by Crippen LogP contribution is 2.22. The van der Waals surface area contributed by atoms with Crippen LogP contribution in [0.3, 0.4) is 0 Å². The summed E-state index contributed by atoms with van der Waals surface area (Å²) in [5.74, 6) is -4.52. The molecule has 0 saturated heterocycles. The largest absolute Gasteiger partial charge is 0.398 e. The van der Waals surface area contributed by atoms with Gasteiger partial charge in [-0.3, -0.25) is 4.79 Å². The Morgan fingerprint density at radius 1 is 1.00 bits per heavy atom. The van der Waals surface area contributed by atoms with E-state index in [1.165, 1.54) is 6.07 Å². The molecule has 0 unspecified atom stereocenters. The molecule has 2 rings (SSSR count). The van der Waals surface area contributed by atoms with E-state index in [2.05, 4.69) is 0 Å². The van der Waals surface area contributed by atoms with E-state index in [1.807, 2.05) is 0 Å². The number of para-hydroxylation sites is 1. The van der Waals surface area contributed by atoms with Gasteiger partial charge in [-0.15, -0.1) is 0 Å². The summed E-state index contributed by atoms with van der Waals surface area (Å²) >= 11 is 0. The average Bonchev–Trinajstić information content (AvgIpc) is 2.36. The number of hydrogen-bond acceptors (Lipinski definition) is 2. The Morgan fingerprint density at radius 2 is 1.63 bits per heavy atom. The molecule has 0 bridgehead atoms. The number of rotatable bonds is 2. The van der Waals surface area contributed by atoms with Crippen molar-refractivity contribution in [2.24, 2.45) is 0 Å². The molecule has 0 saturated carbocycles. The Morgan fingerprint density at radius 3 is 2.32 bits per heavy atom. The van der Waals surface area contributed by atoms with Crippen molar-refractivity contribution in [2.75, 3.05) is 5.73 Å². The second-order valence-corrected chi connectivity index (χ2v) is 4.11. The smallest absolute Gasteiger partial charge is 0.198 e. The maximum atomic E-state index is 13.5. The molecule has 0 atom stereocenters. The van der Waals surface area contributed by atoms with Gasteiger partial charge < -0.3 is 5.73 Å². The van der Waals surface area contributed by atoms with Gasteiger partial charge in [0.05, 0.1) is 5.56 Å². The first-order valence-corrected chi connectivity index (χ1v) is 5.46. The third kappa shape index (κ3) is 2.31. The minimum atomic E-state index is -1.34. The van der Waals surface area contributed by atoms with Gasteiger partial charge in [-0.2, -0.15) is 0 Å². The number of nitrogen functional groups attached to an aromatic ring is 1. The van der Waals surface area contributed by atoms with Gasteiger partial charge in [-0.05, 0) is 24.6 Å². The van der Waals surface area contributed by atoms with Crippen LogP contribution in [-0.2, 0) is 0 Å². The zero-order valence-corrected chi connectivity index (χ0v) is 10.0. The highest BCUT2D eigenvalue weighted by molar-refractivity contribution is 6.12. The van der Waals surface area contributed by atoms with Gasteiger partial charge in [0.25, 0.3) is 0 Å². The van der Waals surface area contributed by atoms with Gasteiger partial charge in [0.1, 0.15) is 5.82 Å². The number of benzene rings is 2. The maximum Gasteiger partial charge on any atom is 0.198 e. The van der Waals surface area contributed by atoms with Crippen LogP contribution in [0.1, 0.15) is 21.5 Å². The summed E-state index contributed by atoms with van der Waals surface area (Å²) in [6.07, 6.45) is 0. The lowest BCUT2D eigenvalue weighted by Gasteiger charge is -2.08. The molecular formula is C14H10F3NO. The molecule has 0 fully saturated rings. The molecule has 98 valence electrons. The Bertz CT molecular complexity index is 668. The van der Waals surface area contributed by atoms with E-state index in [4.69, 9.17) is 5.73 Å². The summed E-state index contributed by atoms with van der Waals surface area (Å²) in [5.41, 5.74) is 6.08. The van der Waals surface area contributed by atoms with Gasteiger partial charge in [0.2, 0.25) is 0 Å². The normalized spacial score (nSPS) is 10.5. The Kier molecular flexibility index (Phi) is 3.29. The van der Waals surface area contributed by atoms with Crippen LogP contribution in [0, 0.1) is 24.4 Å². The van der Waals surface area contributed by atoms with Crippen LogP contribution in [-0.4, -0.2) is 5.78 Å². The third-order valence-electron chi connectivity index (χ3n) is 2.82. The van der Waals surface area contributed by atoms with Crippen molar-refractivity contribution in [3.63, 3.8) is 0 Å². The molecule has 0 aromatic heterocycles. The summed E-state index contributed by atoms with van der Waals surface area (Å²) in [7, 11) is 0. The highest BCUT2D eigenvalue weighted by atomic mass is 19.2. The molecule has 2 aromatic rings. The SMILES string of the molecule is Cc1cccc(C(=O)c2cc(F)c(F)cc2F)c1N. The Hall–Kier alpha value is -2.30. The lowest BCUT2D eigenvalue weighted by atomic mass is 9.99. The van der Waals surface area contributed by atoms with E-state index in [-0.39, 0.29) is 11.3 Å². The number of aryl methyl sites for hydroxylation is 1. The second-order valence-electron chi connectivity index (χ2n) is 4.11. The van der Waals surface area contributed by atoms with E-state index in [0.29, 0.717) is 17.7 Å². The third-order valence-corrected chi connectivity index (χ3v) is 2.82. The second kappa shape index (κ2) is 4.76. The maximum absolute atomic E-state index is 13.5. The summed E-state index contributed by atoms with van der Waals surface area (Å²) in [6.45, 7) is 1.69. The van der Waals surface area contributed by atoms with Gasteiger partial charge in [-0.25, -0.2) is 13.2 Å². The number of anilines is 1. The number of nitrogens with two attached hydrogens (primary N) is 1. The molecule has 19 heavy (non-hydrogen) atoms. The van der Waals surface area contributed by atoms with Crippen LogP contribution in [0.25, 0.3) is 0 Å². The Balaban J connectivity index is 2.56. The summed E-state index contributed by atoms with van der Waals surface area (Å²) in [6, 6.07) is 5.55. The van der Waals surface area contributed by atoms with E-state index >= 15 is 0 Å². The zero-order valence-electron chi connectivity index (χ0n) is 10.0. The fourth-order valence-corrected chi connectivity index (χ4v) is 1.72. The van der Waals surface area contributed by atoms with Gasteiger partial charge in [-0.1, -0.05) is 12.1 Å². The number of carbonyl (C=O) groups is 1. The van der Waals surface area contributed by atoms with Crippen LogP contribution < -0.4 is 5.73 Å². The molecule has 2 aromatic carbocycles. The predicted molar refractivity (Wildman–Crippen MR) is 65.3 cm³/mol. The van der Waals surface area contributed by atoms with Gasteiger partial charge >= 0.3 is 0 Å². The van der Waals surface area contributed by atoms with Crippen LogP contribution in [0.15, 0.2) is 30.3 Å². The average molecular weight is 265 g/mol. The van der Waals surface area contributed by atoms with Crippen molar-refractivity contribution in [3.05, 3.63) is 64.5 Å². The first kappa shape index (κ1) is 13.1. The molecule has 5 heteroatoms. The monoisotopic (exact) mass is 265 g/mol. The number of hydrogen-bond donors (Lipinski definition) is 1. The lowest BCUT2D eigenvalue weighted by Crippen LogP contribution is -2.09. The van der Waals surface area contributed by atoms with E-state index < -0.39 is 28.8 Å². The van der Waals surface area contributed by atoms with Crippen molar-refractivity contribution in [1.29, 1.82) is 0 Å². The molecular weight excluding hydrogens is 255 g/mol. The van der Waals surface area contributed by atoms with Crippen molar-refractivity contribution in [3.8, 4) is 0 Å². The number of carbonyl (C=O) groups excluding carboxylic acids is 1. The summed E-state index contributed by atoms with van der Waals surface area (Å²) in [5, 5.41) is 0. The Labute approximate surface area is 107 Å². The van der Waals surface area contributed by atoms with Crippen LogP contribution >= 0.6 is 0 Å². The first-order valence-electron chi connectivity index (χ1n) is 5.46. The van der Waals surface area contributed by atoms with E-state index in [9.17, 15) is 18.0 Å². The first-order chi connectivity index (χ1) is 8.91. The van der Waals surface area contributed by atoms with Crippen molar-refractivity contribution < 1.29 is 18.0 Å². The standard InChI is InChI=1S/C14H10F3NO/c1-7-3-2-4-8(13(7)18)14(19)9-5-11(16)12(17)6-10(9)15/h2-6H,18H2,1H3. The van der Waals surface area contributed by atoms with E-state index in [0.717, 1.165) is 0 Å². The topological polar surface area (TPSA) is 43.1 Å². The van der Waals surface area contributed by atoms with E-state index in [1.54, 1.807) is 19.1 Å². The number of ketones is 1. The zero-order chi connectivity index (χ0) is 14.2. The molecule has 2 N–H and O–H groups in total. The highest BCUT2D eigenvalue weighted by Gasteiger charge is 2.19. The minimum Gasteiger partial charge on any atom is -0.398 e. The summed E-state index contributed by atoms with van der Waals surface area (Å²) < 4.78 is 39.4. The van der Waals surface area contributed by atoms with Crippen LogP contribution in [0.5, 0.6) is 0 Å². The molecule has 0 aliphatic heterocycles. The minimum absolute atomic E-state index is 0.0601. The van der Waals surface area contributed by atoms with Crippen molar-refractivity contribution in [2.45, 2.75) is 6.92 Å². The summed E-state index contributed by atoms with van der Waals surface area (Å²) in [4.78, 5) is 12.1. The lowest BCUT2D eigenvalue weighted by molar-refractivity contribution is 0.103. The van der Waals surface area contributed by atoms with Crippen LogP contribution in [0.4, 0.5) is 18.9 Å². The number of halogens is 3. The van der Waals surface area contributed by atoms with Crippen LogP contribution in [0.2, 0.25) is 0 Å². The van der Waals surface area contributed by atoms with Crippen molar-refractivity contribution in [1.82, 2.24) is 0 Å². The fourth-order valence-electron chi connectivity index (χ4n) is 1.72. The molecule has 0 radical (unpaired) electrons. The molecule has 2 nitrogen and oxygen atoms in total. The molecule has 0 spiro atoms. The predicted octanol–water partition coefficient (Wildman–Crippen LogP) is 3.23. The van der Waals surface area contributed by atoms with Gasteiger partial charge in [0.15, 0.2) is 17.4 Å². The quantitative estimate of drug-likeness (QED) is 0.514. The molecule has 0 aliphatic carbocycles.